The second-order valence-corrected chi connectivity index (χ2v) is 5.89. The number of hydrogen-bond donors (Lipinski definition) is 2. The Bertz CT molecular complexity index is 484. The molecule has 1 fully saturated rings. The summed E-state index contributed by atoms with van der Waals surface area (Å²) in [5.41, 5.74) is 8.29. The molecule has 0 atom stereocenters. The van der Waals surface area contributed by atoms with Gasteiger partial charge in [0, 0.05) is 19.8 Å². The minimum absolute atomic E-state index is 0.0277. The first-order valence-electron chi connectivity index (χ1n) is 7.47. The van der Waals surface area contributed by atoms with E-state index in [2.05, 4.69) is 10.2 Å². The smallest absolute Gasteiger partial charge is 0.238 e. The lowest BCUT2D eigenvalue weighted by Gasteiger charge is -2.26. The van der Waals surface area contributed by atoms with Crippen molar-refractivity contribution in [3.63, 3.8) is 0 Å². The number of aryl methyl sites for hydroxylation is 1. The zero-order valence-electron chi connectivity index (χ0n) is 12.9. The Morgan fingerprint density at radius 2 is 2.14 bits per heavy atom. The average Bonchev–Trinajstić information content (AvgIpc) is 2.43. The number of rotatable bonds is 5. The molecule has 0 aliphatic carbocycles. The summed E-state index contributed by atoms with van der Waals surface area (Å²) in [6, 6.07) is 5.65. The van der Waals surface area contributed by atoms with Crippen LogP contribution < -0.4 is 11.1 Å². The maximum Gasteiger partial charge on any atom is 0.238 e. The minimum atomic E-state index is -0.0277. The Kier molecular flexibility index (Phi) is 5.59. The summed E-state index contributed by atoms with van der Waals surface area (Å²) in [5.74, 6) is 0.598. The normalized spacial score (nSPS) is 16.1. The van der Waals surface area contributed by atoms with E-state index in [1.165, 1.54) is 0 Å². The maximum absolute atomic E-state index is 12.1. The van der Waals surface area contributed by atoms with E-state index in [9.17, 15) is 4.79 Å². The molecular formula is C16H25N3O2. The molecule has 0 radical (unpaired) electrons. The van der Waals surface area contributed by atoms with Crippen LogP contribution in [-0.4, -0.2) is 44.2 Å². The van der Waals surface area contributed by atoms with E-state index in [1.807, 2.05) is 32.2 Å². The lowest BCUT2D eigenvalue weighted by molar-refractivity contribution is -0.117. The minimum Gasteiger partial charge on any atom is -0.397 e. The number of anilines is 2. The molecule has 1 heterocycles. The molecule has 1 aliphatic rings. The van der Waals surface area contributed by atoms with Crippen molar-refractivity contribution in [3.8, 4) is 0 Å². The molecule has 1 aromatic carbocycles. The molecule has 1 aliphatic heterocycles. The fourth-order valence-electron chi connectivity index (χ4n) is 2.67. The summed E-state index contributed by atoms with van der Waals surface area (Å²) < 4.78 is 5.35. The second kappa shape index (κ2) is 7.43. The molecule has 5 nitrogen and oxygen atoms in total. The molecule has 1 aromatic rings. The van der Waals surface area contributed by atoms with E-state index in [4.69, 9.17) is 10.5 Å². The first-order chi connectivity index (χ1) is 10.0. The van der Waals surface area contributed by atoms with Crippen LogP contribution in [0.25, 0.3) is 0 Å². The van der Waals surface area contributed by atoms with Crippen LogP contribution in [0.3, 0.4) is 0 Å². The maximum atomic E-state index is 12.1. The lowest BCUT2D eigenvalue weighted by Crippen LogP contribution is -2.35. The summed E-state index contributed by atoms with van der Waals surface area (Å²) in [5, 5.41) is 2.88. The zero-order chi connectivity index (χ0) is 15.2. The third kappa shape index (κ3) is 5.02. The first kappa shape index (κ1) is 15.8. The van der Waals surface area contributed by atoms with E-state index in [1.54, 1.807) is 0 Å². The number of hydrogen-bond acceptors (Lipinski definition) is 4. The van der Waals surface area contributed by atoms with Gasteiger partial charge in [-0.2, -0.15) is 0 Å². The average molecular weight is 291 g/mol. The molecule has 116 valence electrons. The van der Waals surface area contributed by atoms with Crippen molar-refractivity contribution in [1.82, 2.24) is 4.90 Å². The molecule has 3 N–H and O–H groups in total. The number of amides is 1. The Balaban J connectivity index is 1.80. The van der Waals surface area contributed by atoms with Gasteiger partial charge in [-0.25, -0.2) is 0 Å². The fourth-order valence-corrected chi connectivity index (χ4v) is 2.67. The van der Waals surface area contributed by atoms with Gasteiger partial charge in [0.2, 0.25) is 5.91 Å². The highest BCUT2D eigenvalue weighted by Gasteiger charge is 2.17. The topological polar surface area (TPSA) is 67.6 Å². The molecule has 21 heavy (non-hydrogen) atoms. The van der Waals surface area contributed by atoms with Crippen LogP contribution in [-0.2, 0) is 9.53 Å². The summed E-state index contributed by atoms with van der Waals surface area (Å²) >= 11 is 0. The third-order valence-electron chi connectivity index (χ3n) is 3.81. The highest BCUT2D eigenvalue weighted by Crippen LogP contribution is 2.19. The van der Waals surface area contributed by atoms with Crippen LogP contribution >= 0.6 is 0 Å². The van der Waals surface area contributed by atoms with Gasteiger partial charge in [-0.05, 0) is 50.4 Å². The molecule has 2 rings (SSSR count). The number of nitrogens with two attached hydrogens (primary N) is 1. The number of carbonyl (C=O) groups excluding carboxylic acids is 1. The Morgan fingerprint density at radius 1 is 1.43 bits per heavy atom. The van der Waals surface area contributed by atoms with Gasteiger partial charge in [0.15, 0.2) is 0 Å². The predicted molar refractivity (Wildman–Crippen MR) is 85.3 cm³/mol. The molecular weight excluding hydrogens is 266 g/mol. The van der Waals surface area contributed by atoms with Gasteiger partial charge < -0.3 is 15.8 Å². The number of benzene rings is 1. The number of likely N-dealkylation sites (N-methyl/N-ethyl adjacent to an activating group) is 1. The van der Waals surface area contributed by atoms with Crippen molar-refractivity contribution < 1.29 is 9.53 Å². The van der Waals surface area contributed by atoms with Gasteiger partial charge in [0.25, 0.3) is 0 Å². The fraction of sp³-hybridized carbons (Fsp3) is 0.562. The summed E-state index contributed by atoms with van der Waals surface area (Å²) in [6.07, 6.45) is 2.16. The van der Waals surface area contributed by atoms with E-state index in [0.717, 1.165) is 38.2 Å². The molecule has 1 saturated heterocycles. The van der Waals surface area contributed by atoms with Crippen LogP contribution in [0.1, 0.15) is 18.4 Å². The molecule has 1 amide bonds. The summed E-state index contributed by atoms with van der Waals surface area (Å²) in [4.78, 5) is 14.1. The molecule has 0 saturated carbocycles. The van der Waals surface area contributed by atoms with E-state index < -0.39 is 0 Å². The van der Waals surface area contributed by atoms with Crippen LogP contribution in [0.15, 0.2) is 18.2 Å². The number of nitrogens with one attached hydrogen (secondary N) is 1. The highest BCUT2D eigenvalue weighted by molar-refractivity contribution is 5.95. The van der Waals surface area contributed by atoms with Gasteiger partial charge in [-0.15, -0.1) is 0 Å². The molecule has 0 aromatic heterocycles. The quantitative estimate of drug-likeness (QED) is 0.813. The third-order valence-corrected chi connectivity index (χ3v) is 3.81. The van der Waals surface area contributed by atoms with E-state index in [0.29, 0.717) is 23.8 Å². The predicted octanol–water partition coefficient (Wildman–Crippen LogP) is 1.87. The molecule has 5 heteroatoms. The highest BCUT2D eigenvalue weighted by atomic mass is 16.5. The SMILES string of the molecule is Cc1ccc(NC(=O)CN(C)CC2CCOCC2)c(N)c1. The summed E-state index contributed by atoms with van der Waals surface area (Å²) in [7, 11) is 1.98. The van der Waals surface area contributed by atoms with Crippen molar-refractivity contribution in [1.29, 1.82) is 0 Å². The number of ether oxygens (including phenoxy) is 1. The van der Waals surface area contributed by atoms with Crippen molar-refractivity contribution in [3.05, 3.63) is 23.8 Å². The van der Waals surface area contributed by atoms with Crippen molar-refractivity contribution >= 4 is 17.3 Å². The standard InChI is InChI=1S/C16H25N3O2/c1-12-3-4-15(14(17)9-12)18-16(20)11-19(2)10-13-5-7-21-8-6-13/h3-4,9,13H,5-8,10-11,17H2,1-2H3,(H,18,20). The van der Waals surface area contributed by atoms with Crippen molar-refractivity contribution in [2.24, 2.45) is 5.92 Å². The molecule has 0 unspecified atom stereocenters. The largest absolute Gasteiger partial charge is 0.397 e. The zero-order valence-corrected chi connectivity index (χ0v) is 12.9. The van der Waals surface area contributed by atoms with Gasteiger partial charge >= 0.3 is 0 Å². The number of nitrogen functional groups attached to an aromatic ring is 1. The second-order valence-electron chi connectivity index (χ2n) is 5.89. The Morgan fingerprint density at radius 3 is 2.81 bits per heavy atom. The van der Waals surface area contributed by atoms with Crippen LogP contribution in [0.4, 0.5) is 11.4 Å². The van der Waals surface area contributed by atoms with Crippen molar-refractivity contribution in [2.75, 3.05) is 44.4 Å². The van der Waals surface area contributed by atoms with Gasteiger partial charge in [0.05, 0.1) is 17.9 Å². The van der Waals surface area contributed by atoms with Gasteiger partial charge in [-0.3, -0.25) is 9.69 Å². The Labute approximate surface area is 126 Å². The van der Waals surface area contributed by atoms with Crippen LogP contribution in [0, 0.1) is 12.8 Å². The summed E-state index contributed by atoms with van der Waals surface area (Å²) in [6.45, 7) is 4.96. The van der Waals surface area contributed by atoms with Crippen LogP contribution in [0.2, 0.25) is 0 Å². The lowest BCUT2D eigenvalue weighted by atomic mass is 10.00. The first-order valence-corrected chi connectivity index (χ1v) is 7.47. The van der Waals surface area contributed by atoms with Gasteiger partial charge in [0.1, 0.15) is 0 Å². The van der Waals surface area contributed by atoms with Crippen LogP contribution in [0.5, 0.6) is 0 Å². The Hall–Kier alpha value is -1.59. The number of carbonyl (C=O) groups is 1. The van der Waals surface area contributed by atoms with Crippen molar-refractivity contribution in [2.45, 2.75) is 19.8 Å². The van der Waals surface area contributed by atoms with E-state index >= 15 is 0 Å². The van der Waals surface area contributed by atoms with E-state index in [-0.39, 0.29) is 5.91 Å². The number of nitrogens with zero attached hydrogens (tertiary/aromatic N) is 1. The molecule has 0 spiro atoms. The van der Waals surface area contributed by atoms with Gasteiger partial charge in [-0.1, -0.05) is 6.07 Å². The monoisotopic (exact) mass is 291 g/mol. The molecule has 0 bridgehead atoms.